The summed E-state index contributed by atoms with van der Waals surface area (Å²) in [7, 11) is 5.87. The van der Waals surface area contributed by atoms with Gasteiger partial charge in [0.15, 0.2) is 0 Å². The van der Waals surface area contributed by atoms with E-state index in [0.29, 0.717) is 12.1 Å². The average Bonchev–Trinajstić information content (AvgIpc) is 3.19. The molecule has 1 aliphatic carbocycles. The second kappa shape index (κ2) is 6.52. The van der Waals surface area contributed by atoms with Crippen LogP contribution in [0.4, 0.5) is 5.95 Å². The number of imidazole rings is 1. The third-order valence-corrected chi connectivity index (χ3v) is 5.25. The van der Waals surface area contributed by atoms with Crippen LogP contribution in [0.15, 0.2) is 24.4 Å². The molecule has 0 radical (unpaired) electrons. The number of carbonyl (C=O) groups excluding carboxylic acids is 1. The van der Waals surface area contributed by atoms with Gasteiger partial charge in [-0.1, -0.05) is 0 Å². The molecule has 0 aliphatic heterocycles. The largest absolute Gasteiger partial charge is 0.358 e. The van der Waals surface area contributed by atoms with Crippen molar-refractivity contribution in [2.24, 2.45) is 7.05 Å². The summed E-state index contributed by atoms with van der Waals surface area (Å²) in [5.41, 5.74) is 5.55. The van der Waals surface area contributed by atoms with E-state index in [2.05, 4.69) is 15.3 Å². The lowest BCUT2D eigenvalue weighted by Crippen LogP contribution is -2.24. The van der Waals surface area contributed by atoms with Gasteiger partial charge in [-0.3, -0.25) is 4.79 Å². The molecule has 1 aliphatic rings. The molecule has 1 amide bonds. The Bertz CT molecular complexity index is 966. The van der Waals surface area contributed by atoms with Crippen LogP contribution in [-0.4, -0.2) is 34.5 Å². The Morgan fingerprint density at radius 2 is 2.12 bits per heavy atom. The van der Waals surface area contributed by atoms with E-state index in [9.17, 15) is 4.79 Å². The quantitative estimate of drug-likeness (QED) is 0.760. The van der Waals surface area contributed by atoms with E-state index < -0.39 is 0 Å². The van der Waals surface area contributed by atoms with Gasteiger partial charge in [-0.2, -0.15) is 0 Å². The highest BCUT2D eigenvalue weighted by Gasteiger charge is 2.17. The molecule has 0 saturated carbocycles. The maximum atomic E-state index is 12.6. The Kier molecular flexibility index (Phi) is 4.18. The number of carbonyl (C=O) groups is 1. The van der Waals surface area contributed by atoms with Gasteiger partial charge in [-0.15, -0.1) is 0 Å². The zero-order valence-corrected chi connectivity index (χ0v) is 15.6. The minimum atomic E-state index is -0.0507. The normalized spacial score (nSPS) is 13.7. The molecule has 0 fully saturated rings. The third kappa shape index (κ3) is 2.85. The van der Waals surface area contributed by atoms with Crippen molar-refractivity contribution in [3.63, 3.8) is 0 Å². The van der Waals surface area contributed by atoms with E-state index in [4.69, 9.17) is 0 Å². The number of hydrogen-bond donors (Lipinski definition) is 2. The molecule has 3 aromatic rings. The number of aromatic nitrogens is 3. The number of benzene rings is 1. The average molecular weight is 351 g/mol. The van der Waals surface area contributed by atoms with Crippen molar-refractivity contribution >= 4 is 22.8 Å². The van der Waals surface area contributed by atoms with Gasteiger partial charge in [0.2, 0.25) is 5.95 Å². The van der Waals surface area contributed by atoms with Gasteiger partial charge in [0, 0.05) is 43.3 Å². The van der Waals surface area contributed by atoms with Crippen molar-refractivity contribution in [3.05, 3.63) is 46.9 Å². The predicted octanol–water partition coefficient (Wildman–Crippen LogP) is 2.78. The molecule has 6 nitrogen and oxygen atoms in total. The summed E-state index contributed by atoms with van der Waals surface area (Å²) in [5, 5.41) is 4.21. The van der Waals surface area contributed by atoms with Crippen molar-refractivity contribution in [2.45, 2.75) is 32.2 Å². The molecule has 0 unspecified atom stereocenters. The molecule has 26 heavy (non-hydrogen) atoms. The number of H-pyrrole nitrogens is 1. The molecule has 0 atom stereocenters. The Hall–Kier alpha value is -2.76. The number of rotatable bonds is 4. The zero-order chi connectivity index (χ0) is 18.3. The van der Waals surface area contributed by atoms with Crippen LogP contribution in [0.2, 0.25) is 0 Å². The first-order valence-electron chi connectivity index (χ1n) is 9.14. The molecule has 2 aromatic heterocycles. The summed E-state index contributed by atoms with van der Waals surface area (Å²) in [6, 6.07) is 5.95. The van der Waals surface area contributed by atoms with Gasteiger partial charge in [-0.25, -0.2) is 4.98 Å². The van der Waals surface area contributed by atoms with Crippen molar-refractivity contribution in [2.75, 3.05) is 19.0 Å². The van der Waals surface area contributed by atoms with Gasteiger partial charge in [-0.05, 0) is 49.4 Å². The summed E-state index contributed by atoms with van der Waals surface area (Å²) >= 11 is 0. The Morgan fingerprint density at radius 3 is 2.88 bits per heavy atom. The van der Waals surface area contributed by atoms with Gasteiger partial charge in [0.1, 0.15) is 0 Å². The van der Waals surface area contributed by atoms with E-state index in [1.165, 1.54) is 29.5 Å². The number of nitrogens with zero attached hydrogens (tertiary/aromatic N) is 3. The van der Waals surface area contributed by atoms with E-state index in [1.807, 2.05) is 48.8 Å². The van der Waals surface area contributed by atoms with Crippen LogP contribution in [0, 0.1) is 0 Å². The molecular formula is C20H25N5O. The second-order valence-corrected chi connectivity index (χ2v) is 7.24. The molecule has 0 bridgehead atoms. The molecular weight excluding hydrogens is 326 g/mol. The fraction of sp³-hybridized carbons (Fsp3) is 0.400. The zero-order valence-electron chi connectivity index (χ0n) is 15.6. The lowest BCUT2D eigenvalue weighted by Gasteiger charge is -2.13. The van der Waals surface area contributed by atoms with E-state index in [0.717, 1.165) is 30.0 Å². The first kappa shape index (κ1) is 16.7. The highest BCUT2D eigenvalue weighted by Crippen LogP contribution is 2.29. The molecule has 2 N–H and O–H groups in total. The first-order valence-corrected chi connectivity index (χ1v) is 9.14. The fourth-order valence-corrected chi connectivity index (χ4v) is 3.83. The van der Waals surface area contributed by atoms with Crippen LogP contribution >= 0.6 is 0 Å². The van der Waals surface area contributed by atoms with Crippen molar-refractivity contribution < 1.29 is 4.79 Å². The minimum absolute atomic E-state index is 0.0507. The number of amides is 1. The first-order chi connectivity index (χ1) is 12.5. The van der Waals surface area contributed by atoms with E-state index in [-0.39, 0.29) is 5.91 Å². The summed E-state index contributed by atoms with van der Waals surface area (Å²) in [4.78, 5) is 22.5. The van der Waals surface area contributed by atoms with Crippen LogP contribution in [0.3, 0.4) is 0 Å². The number of anilines is 1. The molecule has 2 heterocycles. The van der Waals surface area contributed by atoms with E-state index >= 15 is 0 Å². The highest BCUT2D eigenvalue weighted by molar-refractivity contribution is 5.99. The maximum absolute atomic E-state index is 12.6. The Balaban J connectivity index is 1.53. The summed E-state index contributed by atoms with van der Waals surface area (Å²) in [6.45, 7) is 0.458. The van der Waals surface area contributed by atoms with Crippen LogP contribution < -0.4 is 10.2 Å². The lowest BCUT2D eigenvalue weighted by molar-refractivity contribution is 0.0950. The van der Waals surface area contributed by atoms with E-state index in [1.54, 1.807) is 6.20 Å². The lowest BCUT2D eigenvalue weighted by atomic mass is 9.95. The van der Waals surface area contributed by atoms with Crippen molar-refractivity contribution in [1.82, 2.24) is 19.9 Å². The number of nitrogens with one attached hydrogen (secondary N) is 2. The smallest absolute Gasteiger partial charge is 0.251 e. The SMILES string of the molecule is CN(C)c1ncc(CNC(=O)c2ccc3[nH]c4c(c3c2)CCCC4)n1C. The number of aromatic amines is 1. The van der Waals surface area contributed by atoms with Crippen LogP contribution in [0.1, 0.15) is 40.2 Å². The van der Waals surface area contributed by atoms with Gasteiger partial charge in [0.25, 0.3) is 5.91 Å². The molecule has 1 aromatic carbocycles. The van der Waals surface area contributed by atoms with Crippen molar-refractivity contribution in [3.8, 4) is 0 Å². The maximum Gasteiger partial charge on any atom is 0.251 e. The topological polar surface area (TPSA) is 66.0 Å². The summed E-state index contributed by atoms with van der Waals surface area (Å²) in [5.74, 6) is 0.819. The van der Waals surface area contributed by atoms with Crippen LogP contribution in [0.5, 0.6) is 0 Å². The second-order valence-electron chi connectivity index (χ2n) is 7.24. The fourth-order valence-electron chi connectivity index (χ4n) is 3.83. The predicted molar refractivity (Wildman–Crippen MR) is 104 cm³/mol. The number of hydrogen-bond acceptors (Lipinski definition) is 3. The Labute approximate surface area is 153 Å². The highest BCUT2D eigenvalue weighted by atomic mass is 16.1. The molecule has 6 heteroatoms. The number of fused-ring (bicyclic) bond motifs is 3. The molecule has 0 spiro atoms. The molecule has 4 rings (SSSR count). The van der Waals surface area contributed by atoms with Gasteiger partial charge >= 0.3 is 0 Å². The van der Waals surface area contributed by atoms with Gasteiger partial charge < -0.3 is 19.8 Å². The molecule has 136 valence electrons. The number of aryl methyl sites for hydroxylation is 2. The minimum Gasteiger partial charge on any atom is -0.358 e. The summed E-state index contributed by atoms with van der Waals surface area (Å²) < 4.78 is 1.99. The van der Waals surface area contributed by atoms with Crippen LogP contribution in [0.25, 0.3) is 10.9 Å². The van der Waals surface area contributed by atoms with Crippen LogP contribution in [-0.2, 0) is 26.4 Å². The third-order valence-electron chi connectivity index (χ3n) is 5.25. The standard InChI is InChI=1S/C20H25N5O/c1-24(2)20-22-12-14(25(20)3)11-21-19(26)13-8-9-18-16(10-13)15-6-4-5-7-17(15)23-18/h8-10,12,23H,4-7,11H2,1-3H3,(H,21,26). The monoisotopic (exact) mass is 351 g/mol. The van der Waals surface area contributed by atoms with Crippen molar-refractivity contribution in [1.29, 1.82) is 0 Å². The summed E-state index contributed by atoms with van der Waals surface area (Å²) in [6.07, 6.45) is 6.49. The Morgan fingerprint density at radius 1 is 1.31 bits per heavy atom. The molecule has 0 saturated heterocycles. The van der Waals surface area contributed by atoms with Gasteiger partial charge in [0.05, 0.1) is 18.4 Å².